The first-order valence-electron chi connectivity index (χ1n) is 7.09. The summed E-state index contributed by atoms with van der Waals surface area (Å²) in [6.07, 6.45) is 0.420. The zero-order valence-corrected chi connectivity index (χ0v) is 13.7. The predicted molar refractivity (Wildman–Crippen MR) is 77.3 cm³/mol. The molecule has 1 aliphatic rings. The molecule has 1 heterocycles. The van der Waals surface area contributed by atoms with Crippen LogP contribution in [0.4, 0.5) is 0 Å². The van der Waals surface area contributed by atoms with Crippen molar-refractivity contribution in [2.75, 3.05) is 39.2 Å². The Balaban J connectivity index is 2.57. The van der Waals surface area contributed by atoms with Crippen LogP contribution in [0.3, 0.4) is 0 Å². The Hall–Kier alpha value is -0.210. The normalized spacial score (nSPS) is 22.2. The van der Waals surface area contributed by atoms with Gasteiger partial charge in [0.05, 0.1) is 37.3 Å². The maximum atomic E-state index is 11.9. The topological polar surface area (TPSA) is 65.1 Å². The first-order valence-corrected chi connectivity index (χ1v) is 8.70. The van der Waals surface area contributed by atoms with Crippen molar-refractivity contribution in [3.05, 3.63) is 0 Å². The van der Waals surface area contributed by atoms with Crippen molar-refractivity contribution in [3.8, 4) is 0 Å². The minimum Gasteiger partial charge on any atom is -0.382 e. The van der Waals surface area contributed by atoms with Gasteiger partial charge in [-0.25, -0.2) is 8.42 Å². The summed E-state index contributed by atoms with van der Waals surface area (Å²) in [6.45, 7) is 7.59. The van der Waals surface area contributed by atoms with E-state index in [1.165, 1.54) is 4.31 Å². The number of methoxy groups -OCH3 is 1. The molecule has 0 aromatic rings. The smallest absolute Gasteiger partial charge is 0.214 e. The number of sulfonamides is 1. The van der Waals surface area contributed by atoms with E-state index in [2.05, 4.69) is 0 Å². The zero-order chi connectivity index (χ0) is 15.2. The van der Waals surface area contributed by atoms with Gasteiger partial charge >= 0.3 is 0 Å². The van der Waals surface area contributed by atoms with Gasteiger partial charge in [0.2, 0.25) is 10.0 Å². The standard InChI is InChI=1S/C13H27NO5S/c1-11(2)18-10-13(19-12(3)9-17-4)8-14-6-5-7-20(14,15)16/h11-13H,5-10H2,1-4H3/t12-,13+/m0/s1. The van der Waals surface area contributed by atoms with Crippen LogP contribution in [0, 0.1) is 0 Å². The minimum atomic E-state index is -3.10. The Morgan fingerprint density at radius 1 is 1.20 bits per heavy atom. The number of nitrogens with zero attached hydrogens (tertiary/aromatic N) is 1. The fourth-order valence-electron chi connectivity index (χ4n) is 2.16. The van der Waals surface area contributed by atoms with Crippen LogP contribution in [0.25, 0.3) is 0 Å². The molecule has 0 saturated carbocycles. The van der Waals surface area contributed by atoms with Gasteiger partial charge in [0.15, 0.2) is 0 Å². The van der Waals surface area contributed by atoms with E-state index in [1.54, 1.807) is 7.11 Å². The second kappa shape index (κ2) is 8.29. The predicted octanol–water partition coefficient (Wildman–Crippen LogP) is 0.867. The van der Waals surface area contributed by atoms with Crippen LogP contribution < -0.4 is 0 Å². The summed E-state index contributed by atoms with van der Waals surface area (Å²) < 4.78 is 41.7. The molecule has 0 N–H and O–H groups in total. The molecule has 0 spiro atoms. The highest BCUT2D eigenvalue weighted by Gasteiger charge is 2.31. The first-order chi connectivity index (χ1) is 9.35. The van der Waals surface area contributed by atoms with E-state index in [0.29, 0.717) is 32.7 Å². The van der Waals surface area contributed by atoms with Crippen LogP contribution in [0.5, 0.6) is 0 Å². The third kappa shape index (κ3) is 6.05. The Morgan fingerprint density at radius 2 is 1.90 bits per heavy atom. The second-order valence-electron chi connectivity index (χ2n) is 5.43. The molecule has 1 saturated heterocycles. The van der Waals surface area contributed by atoms with Gasteiger partial charge in [-0.1, -0.05) is 0 Å². The fourth-order valence-corrected chi connectivity index (χ4v) is 3.71. The lowest BCUT2D eigenvalue weighted by Gasteiger charge is -2.26. The maximum absolute atomic E-state index is 11.9. The largest absolute Gasteiger partial charge is 0.382 e. The van der Waals surface area contributed by atoms with Crippen LogP contribution in [0.2, 0.25) is 0 Å². The first kappa shape index (κ1) is 17.8. The Kier molecular flexibility index (Phi) is 7.39. The van der Waals surface area contributed by atoms with E-state index in [0.717, 1.165) is 0 Å². The van der Waals surface area contributed by atoms with Gasteiger partial charge < -0.3 is 14.2 Å². The van der Waals surface area contributed by atoms with Crippen molar-refractivity contribution >= 4 is 10.0 Å². The molecule has 1 aliphatic heterocycles. The van der Waals surface area contributed by atoms with Gasteiger partial charge in [-0.15, -0.1) is 0 Å². The summed E-state index contributed by atoms with van der Waals surface area (Å²) in [4.78, 5) is 0. The van der Waals surface area contributed by atoms with E-state index in [9.17, 15) is 8.42 Å². The molecule has 2 atom stereocenters. The van der Waals surface area contributed by atoms with E-state index >= 15 is 0 Å². The van der Waals surface area contributed by atoms with Crippen molar-refractivity contribution in [1.29, 1.82) is 0 Å². The quantitative estimate of drug-likeness (QED) is 0.632. The monoisotopic (exact) mass is 309 g/mol. The molecule has 0 amide bonds. The van der Waals surface area contributed by atoms with Crippen LogP contribution in [0.1, 0.15) is 27.2 Å². The molecular formula is C13H27NO5S. The molecule has 0 aromatic carbocycles. The lowest BCUT2D eigenvalue weighted by Crippen LogP contribution is -2.40. The average Bonchev–Trinajstić information content (AvgIpc) is 2.66. The molecule has 0 unspecified atom stereocenters. The van der Waals surface area contributed by atoms with Gasteiger partial charge in [0.25, 0.3) is 0 Å². The van der Waals surface area contributed by atoms with Crippen LogP contribution >= 0.6 is 0 Å². The Bertz CT molecular complexity index is 371. The fraction of sp³-hybridized carbons (Fsp3) is 1.00. The van der Waals surface area contributed by atoms with E-state index in [1.807, 2.05) is 20.8 Å². The molecule has 120 valence electrons. The summed E-state index contributed by atoms with van der Waals surface area (Å²) in [5.74, 6) is 0.235. The third-order valence-electron chi connectivity index (χ3n) is 3.05. The van der Waals surface area contributed by atoms with Gasteiger partial charge in [0.1, 0.15) is 0 Å². The van der Waals surface area contributed by atoms with Crippen LogP contribution in [0.15, 0.2) is 0 Å². The molecule has 7 heteroatoms. The Labute approximate surface area is 122 Å². The molecule has 0 aliphatic carbocycles. The number of hydrogen-bond donors (Lipinski definition) is 0. The highest BCUT2D eigenvalue weighted by molar-refractivity contribution is 7.89. The van der Waals surface area contributed by atoms with Crippen molar-refractivity contribution in [3.63, 3.8) is 0 Å². The summed E-state index contributed by atoms with van der Waals surface area (Å²) in [7, 11) is -1.49. The number of rotatable bonds is 9. The van der Waals surface area contributed by atoms with Crippen molar-refractivity contribution < 1.29 is 22.6 Å². The summed E-state index contributed by atoms with van der Waals surface area (Å²) >= 11 is 0. The van der Waals surface area contributed by atoms with Crippen molar-refractivity contribution in [2.45, 2.75) is 45.5 Å². The summed E-state index contributed by atoms with van der Waals surface area (Å²) in [5.41, 5.74) is 0. The second-order valence-corrected chi connectivity index (χ2v) is 7.52. The summed E-state index contributed by atoms with van der Waals surface area (Å²) in [6, 6.07) is 0. The molecule has 0 aromatic heterocycles. The third-order valence-corrected chi connectivity index (χ3v) is 4.98. The van der Waals surface area contributed by atoms with Crippen LogP contribution in [-0.2, 0) is 24.2 Å². The molecule has 1 rings (SSSR count). The number of hydrogen-bond acceptors (Lipinski definition) is 5. The van der Waals surface area contributed by atoms with E-state index < -0.39 is 10.0 Å². The highest BCUT2D eigenvalue weighted by Crippen LogP contribution is 2.15. The lowest BCUT2D eigenvalue weighted by molar-refractivity contribution is -0.0853. The molecule has 0 bridgehead atoms. The zero-order valence-electron chi connectivity index (χ0n) is 12.9. The maximum Gasteiger partial charge on any atom is 0.214 e. The Morgan fingerprint density at radius 3 is 2.40 bits per heavy atom. The molecule has 0 radical (unpaired) electrons. The van der Waals surface area contributed by atoms with Gasteiger partial charge in [-0.3, -0.25) is 0 Å². The van der Waals surface area contributed by atoms with Gasteiger partial charge in [-0.2, -0.15) is 4.31 Å². The highest BCUT2D eigenvalue weighted by atomic mass is 32.2. The van der Waals surface area contributed by atoms with Crippen LogP contribution in [-0.4, -0.2) is 70.2 Å². The minimum absolute atomic E-state index is 0.0916. The lowest BCUT2D eigenvalue weighted by atomic mass is 10.3. The van der Waals surface area contributed by atoms with E-state index in [4.69, 9.17) is 14.2 Å². The van der Waals surface area contributed by atoms with Gasteiger partial charge in [-0.05, 0) is 27.2 Å². The molecule has 20 heavy (non-hydrogen) atoms. The SMILES string of the molecule is COC[C@H](C)O[C@@H](COC(C)C)CN1CCCS1(=O)=O. The van der Waals surface area contributed by atoms with E-state index in [-0.39, 0.29) is 24.1 Å². The van der Waals surface area contributed by atoms with Crippen molar-refractivity contribution in [2.24, 2.45) is 0 Å². The summed E-state index contributed by atoms with van der Waals surface area (Å²) in [5, 5.41) is 0. The van der Waals surface area contributed by atoms with Gasteiger partial charge in [0, 0.05) is 20.2 Å². The molecule has 1 fully saturated rings. The molecular weight excluding hydrogens is 282 g/mol. The average molecular weight is 309 g/mol. The number of ether oxygens (including phenoxy) is 3. The molecule has 6 nitrogen and oxygen atoms in total. The van der Waals surface area contributed by atoms with Crippen molar-refractivity contribution in [1.82, 2.24) is 4.31 Å².